The van der Waals surface area contributed by atoms with E-state index in [0.717, 1.165) is 25.7 Å². The molecule has 4 nitrogen and oxygen atoms in total. The van der Waals surface area contributed by atoms with Gasteiger partial charge in [0.2, 0.25) is 10.0 Å². The van der Waals surface area contributed by atoms with Crippen molar-refractivity contribution in [2.75, 3.05) is 6.54 Å². The van der Waals surface area contributed by atoms with Gasteiger partial charge in [0.1, 0.15) is 0 Å². The summed E-state index contributed by atoms with van der Waals surface area (Å²) >= 11 is 0. The summed E-state index contributed by atoms with van der Waals surface area (Å²) in [5.41, 5.74) is 0.452. The van der Waals surface area contributed by atoms with Gasteiger partial charge in [-0.25, -0.2) is 8.42 Å². The van der Waals surface area contributed by atoms with Gasteiger partial charge in [0, 0.05) is 18.2 Å². The van der Waals surface area contributed by atoms with Gasteiger partial charge in [-0.1, -0.05) is 12.1 Å². The number of sulfonamides is 1. The Balaban J connectivity index is 1.92. The molecular formula is C15H19NO3S. The van der Waals surface area contributed by atoms with Crippen LogP contribution in [-0.4, -0.2) is 31.1 Å². The molecule has 0 aromatic heterocycles. The van der Waals surface area contributed by atoms with E-state index in [2.05, 4.69) is 0 Å². The van der Waals surface area contributed by atoms with E-state index in [-0.39, 0.29) is 16.7 Å². The molecule has 1 aromatic carbocycles. The molecule has 108 valence electrons. The van der Waals surface area contributed by atoms with Gasteiger partial charge in [-0.3, -0.25) is 4.79 Å². The topological polar surface area (TPSA) is 54.5 Å². The molecule has 5 heteroatoms. The standard InChI is InChI=1S/C15H19NO3S/c1-11(17)13-3-2-4-15(9-13)20(18,19)16(14-7-8-14)10-12-5-6-12/h2-4,9,12,14H,5-8,10H2,1H3. The lowest BCUT2D eigenvalue weighted by atomic mass is 10.2. The molecular weight excluding hydrogens is 274 g/mol. The number of hydrogen-bond donors (Lipinski definition) is 0. The Bertz CT molecular complexity index is 630. The van der Waals surface area contributed by atoms with Crippen molar-refractivity contribution in [3.8, 4) is 0 Å². The maximum atomic E-state index is 12.8. The number of ketones is 1. The zero-order chi connectivity index (χ0) is 14.3. The molecule has 20 heavy (non-hydrogen) atoms. The minimum atomic E-state index is -3.47. The van der Waals surface area contributed by atoms with Gasteiger partial charge < -0.3 is 0 Å². The third-order valence-corrected chi connectivity index (χ3v) is 5.85. The molecule has 1 aromatic rings. The Morgan fingerprint density at radius 1 is 1.25 bits per heavy atom. The molecule has 3 rings (SSSR count). The average molecular weight is 293 g/mol. The van der Waals surface area contributed by atoms with E-state index in [0.29, 0.717) is 18.0 Å². The molecule has 0 bridgehead atoms. The number of Topliss-reactive ketones (excluding diaryl/α,β-unsaturated/α-hetero) is 1. The normalized spacial score (nSPS) is 19.3. The highest BCUT2D eigenvalue weighted by atomic mass is 32.2. The average Bonchev–Trinajstić information content (AvgIpc) is 3.27. The molecule has 2 aliphatic carbocycles. The van der Waals surface area contributed by atoms with Crippen molar-refractivity contribution >= 4 is 15.8 Å². The first-order valence-electron chi connectivity index (χ1n) is 7.11. The summed E-state index contributed by atoms with van der Waals surface area (Å²) in [5.74, 6) is 0.420. The molecule has 0 amide bonds. The smallest absolute Gasteiger partial charge is 0.243 e. The van der Waals surface area contributed by atoms with Crippen LogP contribution in [0.4, 0.5) is 0 Å². The molecule has 0 atom stereocenters. The van der Waals surface area contributed by atoms with Crippen LogP contribution in [-0.2, 0) is 10.0 Å². The highest BCUT2D eigenvalue weighted by molar-refractivity contribution is 7.89. The quantitative estimate of drug-likeness (QED) is 0.757. The molecule has 2 saturated carbocycles. The van der Waals surface area contributed by atoms with Gasteiger partial charge in [-0.2, -0.15) is 4.31 Å². The second-order valence-electron chi connectivity index (χ2n) is 5.83. The molecule has 0 heterocycles. The fourth-order valence-electron chi connectivity index (χ4n) is 2.37. The monoisotopic (exact) mass is 293 g/mol. The van der Waals surface area contributed by atoms with Gasteiger partial charge in [-0.15, -0.1) is 0 Å². The number of carbonyl (C=O) groups is 1. The van der Waals surface area contributed by atoms with Gasteiger partial charge in [-0.05, 0) is 50.7 Å². The van der Waals surface area contributed by atoms with Crippen LogP contribution in [0.5, 0.6) is 0 Å². The molecule has 0 unspecified atom stereocenters. The van der Waals surface area contributed by atoms with Crippen LogP contribution in [0, 0.1) is 5.92 Å². The summed E-state index contributed by atoms with van der Waals surface area (Å²) in [6.07, 6.45) is 4.18. The largest absolute Gasteiger partial charge is 0.295 e. The predicted octanol–water partition coefficient (Wildman–Crippen LogP) is 2.45. The maximum Gasteiger partial charge on any atom is 0.243 e. The maximum absolute atomic E-state index is 12.8. The zero-order valence-corrected chi connectivity index (χ0v) is 12.4. The predicted molar refractivity (Wildman–Crippen MR) is 76.1 cm³/mol. The van der Waals surface area contributed by atoms with Crippen LogP contribution in [0.3, 0.4) is 0 Å². The van der Waals surface area contributed by atoms with Crippen LogP contribution >= 0.6 is 0 Å². The highest BCUT2D eigenvalue weighted by Gasteiger charge is 2.41. The van der Waals surface area contributed by atoms with Gasteiger partial charge in [0.25, 0.3) is 0 Å². The number of carbonyl (C=O) groups excluding carboxylic acids is 1. The highest BCUT2D eigenvalue weighted by Crippen LogP contribution is 2.38. The zero-order valence-electron chi connectivity index (χ0n) is 11.6. The second-order valence-corrected chi connectivity index (χ2v) is 7.72. The van der Waals surface area contributed by atoms with E-state index in [1.54, 1.807) is 22.5 Å². The van der Waals surface area contributed by atoms with Crippen molar-refractivity contribution in [1.29, 1.82) is 0 Å². The summed E-state index contributed by atoms with van der Waals surface area (Å²) in [4.78, 5) is 11.7. The van der Waals surface area contributed by atoms with Gasteiger partial charge in [0.15, 0.2) is 5.78 Å². The molecule has 0 saturated heterocycles. The van der Waals surface area contributed by atoms with Crippen LogP contribution in [0.15, 0.2) is 29.2 Å². The fourth-order valence-corrected chi connectivity index (χ4v) is 4.18. The number of rotatable bonds is 6. The minimum absolute atomic E-state index is 0.109. The minimum Gasteiger partial charge on any atom is -0.295 e. The summed E-state index contributed by atoms with van der Waals surface area (Å²) in [6, 6.07) is 6.56. The van der Waals surface area contributed by atoms with E-state index < -0.39 is 10.0 Å². The van der Waals surface area contributed by atoms with Crippen LogP contribution in [0.25, 0.3) is 0 Å². The van der Waals surface area contributed by atoms with Crippen molar-refractivity contribution in [3.63, 3.8) is 0 Å². The summed E-state index contributed by atoms with van der Waals surface area (Å²) in [6.45, 7) is 2.09. The molecule has 2 fully saturated rings. The molecule has 0 radical (unpaired) electrons. The first-order chi connectivity index (χ1) is 9.48. The van der Waals surface area contributed by atoms with E-state index in [4.69, 9.17) is 0 Å². The number of benzene rings is 1. The third kappa shape index (κ3) is 2.79. The molecule has 2 aliphatic rings. The second kappa shape index (κ2) is 4.97. The number of hydrogen-bond acceptors (Lipinski definition) is 3. The Hall–Kier alpha value is -1.20. The molecule has 0 spiro atoms. The van der Waals surface area contributed by atoms with Crippen molar-refractivity contribution in [2.45, 2.75) is 43.5 Å². The van der Waals surface area contributed by atoms with Crippen molar-refractivity contribution in [1.82, 2.24) is 4.31 Å². The van der Waals surface area contributed by atoms with E-state index in [1.807, 2.05) is 0 Å². The van der Waals surface area contributed by atoms with E-state index in [9.17, 15) is 13.2 Å². The van der Waals surface area contributed by atoms with E-state index >= 15 is 0 Å². The van der Waals surface area contributed by atoms with Crippen molar-refractivity contribution in [3.05, 3.63) is 29.8 Å². The van der Waals surface area contributed by atoms with Crippen molar-refractivity contribution in [2.24, 2.45) is 5.92 Å². The SMILES string of the molecule is CC(=O)c1cccc(S(=O)(=O)N(CC2CC2)C2CC2)c1. The summed E-state index contributed by atoms with van der Waals surface area (Å²) in [5, 5.41) is 0. The molecule has 0 N–H and O–H groups in total. The van der Waals surface area contributed by atoms with E-state index in [1.165, 1.54) is 13.0 Å². The first-order valence-corrected chi connectivity index (χ1v) is 8.55. The summed E-state index contributed by atoms with van der Waals surface area (Å²) in [7, 11) is -3.47. The van der Waals surface area contributed by atoms with Crippen LogP contribution in [0.1, 0.15) is 43.0 Å². The summed E-state index contributed by atoms with van der Waals surface area (Å²) < 4.78 is 27.2. The third-order valence-electron chi connectivity index (χ3n) is 3.94. The molecule has 0 aliphatic heterocycles. The van der Waals surface area contributed by atoms with Gasteiger partial charge >= 0.3 is 0 Å². The Morgan fingerprint density at radius 3 is 2.50 bits per heavy atom. The Kier molecular flexibility index (Phi) is 3.42. The Morgan fingerprint density at radius 2 is 1.95 bits per heavy atom. The Labute approximate surface area is 119 Å². The van der Waals surface area contributed by atoms with Crippen LogP contribution < -0.4 is 0 Å². The lowest BCUT2D eigenvalue weighted by Crippen LogP contribution is -2.35. The fraction of sp³-hybridized carbons (Fsp3) is 0.533. The van der Waals surface area contributed by atoms with Crippen molar-refractivity contribution < 1.29 is 13.2 Å². The van der Waals surface area contributed by atoms with Crippen LogP contribution in [0.2, 0.25) is 0 Å². The lowest BCUT2D eigenvalue weighted by Gasteiger charge is -2.22. The number of nitrogens with zero attached hydrogens (tertiary/aromatic N) is 1. The first kappa shape index (κ1) is 13.8. The lowest BCUT2D eigenvalue weighted by molar-refractivity contribution is 0.101. The van der Waals surface area contributed by atoms with Gasteiger partial charge in [0.05, 0.1) is 4.90 Å².